The van der Waals surface area contributed by atoms with Crippen LogP contribution in [-0.4, -0.2) is 40.4 Å². The summed E-state index contributed by atoms with van der Waals surface area (Å²) in [6.45, 7) is 4.54. The van der Waals surface area contributed by atoms with Crippen LogP contribution in [0.1, 0.15) is 13.8 Å². The summed E-state index contributed by atoms with van der Waals surface area (Å²) >= 11 is 0. The van der Waals surface area contributed by atoms with Crippen molar-refractivity contribution in [3.8, 4) is 11.3 Å². The molecule has 1 unspecified atom stereocenters. The number of halogens is 1. The van der Waals surface area contributed by atoms with Crippen LogP contribution in [0.3, 0.4) is 0 Å². The molecule has 6 nitrogen and oxygen atoms in total. The first kappa shape index (κ1) is 15.5. The first-order chi connectivity index (χ1) is 10.8. The van der Waals surface area contributed by atoms with E-state index in [1.807, 2.05) is 13.8 Å². The molecule has 1 atom stereocenters. The number of carbonyl (C=O) groups is 1. The van der Waals surface area contributed by atoms with Crippen molar-refractivity contribution < 1.29 is 18.8 Å². The van der Waals surface area contributed by atoms with Gasteiger partial charge in [0.25, 0.3) is 0 Å². The van der Waals surface area contributed by atoms with E-state index in [0.29, 0.717) is 17.9 Å². The number of rotatable bonds is 2. The Bertz CT molecular complexity index is 729. The maximum atomic E-state index is 13.2. The summed E-state index contributed by atoms with van der Waals surface area (Å²) < 4.78 is 18.4. The van der Waals surface area contributed by atoms with Gasteiger partial charge in [-0.15, -0.1) is 0 Å². The van der Waals surface area contributed by atoms with Crippen LogP contribution in [0.2, 0.25) is 0 Å². The highest BCUT2D eigenvalue weighted by atomic mass is 19.1. The molecular formula is C16H18FN3O3. The highest BCUT2D eigenvalue weighted by molar-refractivity contribution is 5.89. The molecule has 122 valence electrons. The molecule has 2 aromatic rings. The maximum Gasteiger partial charge on any atom is 0.323 e. The van der Waals surface area contributed by atoms with Crippen LogP contribution in [0.5, 0.6) is 0 Å². The molecule has 0 aliphatic carbocycles. The fourth-order valence-electron chi connectivity index (χ4n) is 2.57. The van der Waals surface area contributed by atoms with Crippen LogP contribution in [0.15, 0.2) is 34.9 Å². The first-order valence-corrected chi connectivity index (χ1v) is 7.32. The lowest BCUT2D eigenvalue weighted by Gasteiger charge is -2.20. The predicted octanol–water partition coefficient (Wildman–Crippen LogP) is 2.72. The van der Waals surface area contributed by atoms with Crippen molar-refractivity contribution in [1.29, 1.82) is 0 Å². The van der Waals surface area contributed by atoms with Gasteiger partial charge in [-0.3, -0.25) is 5.32 Å². The summed E-state index contributed by atoms with van der Waals surface area (Å²) in [6, 6.07) is 7.10. The zero-order chi connectivity index (χ0) is 16.6. The van der Waals surface area contributed by atoms with E-state index < -0.39 is 6.10 Å². The molecular weight excluding hydrogens is 301 g/mol. The Labute approximate surface area is 132 Å². The lowest BCUT2D eigenvalue weighted by molar-refractivity contribution is 0.0957. The molecule has 1 aliphatic rings. The highest BCUT2D eigenvalue weighted by Gasteiger charge is 2.40. The Balaban J connectivity index is 1.69. The quantitative estimate of drug-likeness (QED) is 0.892. The summed E-state index contributed by atoms with van der Waals surface area (Å²) in [5.74, 6) is 0.229. The summed E-state index contributed by atoms with van der Waals surface area (Å²) in [4.78, 5) is 13.7. The zero-order valence-corrected chi connectivity index (χ0v) is 12.9. The molecule has 0 saturated carbocycles. The van der Waals surface area contributed by atoms with Gasteiger partial charge in [0.1, 0.15) is 5.82 Å². The van der Waals surface area contributed by atoms with E-state index in [4.69, 9.17) is 4.52 Å². The minimum Gasteiger partial charge on any atom is -0.391 e. The Morgan fingerprint density at radius 2 is 2.26 bits per heavy atom. The Hall–Kier alpha value is -2.41. The molecule has 0 radical (unpaired) electrons. The predicted molar refractivity (Wildman–Crippen MR) is 82.3 cm³/mol. The van der Waals surface area contributed by atoms with Crippen LogP contribution in [-0.2, 0) is 0 Å². The number of amides is 2. The highest BCUT2D eigenvalue weighted by Crippen LogP contribution is 2.30. The number of aromatic nitrogens is 1. The molecule has 7 heteroatoms. The van der Waals surface area contributed by atoms with E-state index in [9.17, 15) is 14.3 Å². The summed E-state index contributed by atoms with van der Waals surface area (Å²) in [7, 11) is 0. The number of carbonyl (C=O) groups excluding carboxylic acids is 1. The van der Waals surface area contributed by atoms with Crippen LogP contribution < -0.4 is 5.32 Å². The van der Waals surface area contributed by atoms with Crippen molar-refractivity contribution in [2.45, 2.75) is 20.0 Å². The van der Waals surface area contributed by atoms with E-state index >= 15 is 0 Å². The van der Waals surface area contributed by atoms with Gasteiger partial charge in [0.05, 0.1) is 6.10 Å². The Kier molecular flexibility index (Phi) is 3.81. The summed E-state index contributed by atoms with van der Waals surface area (Å²) in [6.07, 6.45) is -0.562. The van der Waals surface area contributed by atoms with Crippen molar-refractivity contribution in [3.05, 3.63) is 36.1 Å². The van der Waals surface area contributed by atoms with Gasteiger partial charge in [-0.25, -0.2) is 9.18 Å². The van der Waals surface area contributed by atoms with E-state index in [1.165, 1.54) is 23.1 Å². The van der Waals surface area contributed by atoms with Crippen molar-refractivity contribution in [3.63, 3.8) is 0 Å². The standard InChI is InChI=1S/C16H18FN3O3/c1-16(2)9-20(8-13(16)21)15(22)18-14-7-12(23-19-14)10-4-3-5-11(17)6-10/h3-7,13,21H,8-9H2,1-2H3,(H,18,19,22). The van der Waals surface area contributed by atoms with Crippen molar-refractivity contribution in [2.24, 2.45) is 5.41 Å². The van der Waals surface area contributed by atoms with E-state index in [-0.39, 0.29) is 29.6 Å². The lowest BCUT2D eigenvalue weighted by Crippen LogP contribution is -2.34. The molecule has 2 amide bonds. The van der Waals surface area contributed by atoms with Crippen molar-refractivity contribution in [1.82, 2.24) is 10.1 Å². The summed E-state index contributed by atoms with van der Waals surface area (Å²) in [5.41, 5.74) is 0.198. The van der Waals surface area contributed by atoms with Gasteiger partial charge in [-0.05, 0) is 12.1 Å². The molecule has 1 aromatic heterocycles. The molecule has 0 spiro atoms. The average molecular weight is 319 g/mol. The number of hydrogen-bond donors (Lipinski definition) is 2. The number of aliphatic hydroxyl groups is 1. The second kappa shape index (κ2) is 5.66. The third-order valence-electron chi connectivity index (χ3n) is 4.04. The average Bonchev–Trinajstić information content (AvgIpc) is 3.04. The van der Waals surface area contributed by atoms with Gasteiger partial charge in [-0.2, -0.15) is 0 Å². The SMILES string of the molecule is CC1(C)CN(C(=O)Nc2cc(-c3cccc(F)c3)on2)CC1O. The molecule has 1 aliphatic heterocycles. The van der Waals surface area contributed by atoms with Crippen LogP contribution >= 0.6 is 0 Å². The van der Waals surface area contributed by atoms with E-state index in [1.54, 1.807) is 12.1 Å². The molecule has 3 rings (SSSR count). The maximum absolute atomic E-state index is 13.2. The minimum atomic E-state index is -0.562. The van der Waals surface area contributed by atoms with Crippen LogP contribution in [0.25, 0.3) is 11.3 Å². The number of benzene rings is 1. The smallest absolute Gasteiger partial charge is 0.323 e. The van der Waals surface area contributed by atoms with Crippen molar-refractivity contribution in [2.75, 3.05) is 18.4 Å². The first-order valence-electron chi connectivity index (χ1n) is 7.32. The monoisotopic (exact) mass is 319 g/mol. The number of nitrogens with one attached hydrogen (secondary N) is 1. The van der Waals surface area contributed by atoms with E-state index in [2.05, 4.69) is 10.5 Å². The molecule has 1 fully saturated rings. The molecule has 1 aromatic carbocycles. The number of aliphatic hydroxyl groups excluding tert-OH is 1. The van der Waals surface area contributed by atoms with Gasteiger partial charge < -0.3 is 14.5 Å². The van der Waals surface area contributed by atoms with Gasteiger partial charge in [0.2, 0.25) is 0 Å². The molecule has 23 heavy (non-hydrogen) atoms. The molecule has 2 N–H and O–H groups in total. The van der Waals surface area contributed by atoms with Gasteiger partial charge in [0, 0.05) is 30.1 Å². The number of β-amino-alcohol motifs (C(OH)–C–C–N with tert-alkyl or cyclic N) is 1. The number of likely N-dealkylation sites (tertiary alicyclic amines) is 1. The largest absolute Gasteiger partial charge is 0.391 e. The number of urea groups is 1. The number of hydrogen-bond acceptors (Lipinski definition) is 4. The third kappa shape index (κ3) is 3.19. The van der Waals surface area contributed by atoms with Gasteiger partial charge in [0.15, 0.2) is 11.6 Å². The topological polar surface area (TPSA) is 78.6 Å². The van der Waals surface area contributed by atoms with E-state index in [0.717, 1.165) is 0 Å². The Morgan fingerprint density at radius 1 is 1.48 bits per heavy atom. The number of nitrogens with zero attached hydrogens (tertiary/aromatic N) is 2. The Morgan fingerprint density at radius 3 is 2.91 bits per heavy atom. The second-order valence-electron chi connectivity index (χ2n) is 6.40. The van der Waals surface area contributed by atoms with Crippen molar-refractivity contribution >= 4 is 11.8 Å². The zero-order valence-electron chi connectivity index (χ0n) is 12.9. The number of anilines is 1. The lowest BCUT2D eigenvalue weighted by atomic mass is 9.90. The minimum absolute atomic E-state index is 0.244. The molecule has 1 saturated heterocycles. The fraction of sp³-hybridized carbons (Fsp3) is 0.375. The second-order valence-corrected chi connectivity index (χ2v) is 6.40. The normalized spacial score (nSPS) is 19.8. The summed E-state index contributed by atoms with van der Waals surface area (Å²) in [5, 5.41) is 16.3. The van der Waals surface area contributed by atoms with Crippen LogP contribution in [0.4, 0.5) is 15.0 Å². The third-order valence-corrected chi connectivity index (χ3v) is 4.04. The van der Waals surface area contributed by atoms with Gasteiger partial charge >= 0.3 is 6.03 Å². The molecule has 2 heterocycles. The van der Waals surface area contributed by atoms with Gasteiger partial charge in [-0.1, -0.05) is 31.1 Å². The fourth-order valence-corrected chi connectivity index (χ4v) is 2.57. The molecule has 0 bridgehead atoms. The van der Waals surface area contributed by atoms with Crippen LogP contribution in [0, 0.1) is 11.2 Å².